The summed E-state index contributed by atoms with van der Waals surface area (Å²) in [5.74, 6) is -0.967. The second-order valence-electron chi connectivity index (χ2n) is 5.48. The molecule has 2 amide bonds. The summed E-state index contributed by atoms with van der Waals surface area (Å²) in [5.41, 5.74) is 3.21. The number of nitrogens with zero attached hydrogens (tertiary/aromatic N) is 1. The number of amides is 2. The van der Waals surface area contributed by atoms with Gasteiger partial charge in [-0.2, -0.15) is 0 Å². The van der Waals surface area contributed by atoms with E-state index in [9.17, 15) is 9.59 Å². The SMILES string of the molecule is CCc1cnccc1C(C)NC(=O)NCc1ccc(C(=O)O)cc1. The van der Waals surface area contributed by atoms with Gasteiger partial charge in [0.1, 0.15) is 0 Å². The first-order valence-corrected chi connectivity index (χ1v) is 7.80. The van der Waals surface area contributed by atoms with E-state index in [1.165, 1.54) is 12.1 Å². The molecule has 1 aromatic heterocycles. The third kappa shape index (κ3) is 4.55. The number of urea groups is 1. The summed E-state index contributed by atoms with van der Waals surface area (Å²) < 4.78 is 0. The third-order valence-electron chi connectivity index (χ3n) is 3.79. The number of aromatic nitrogens is 1. The minimum atomic E-state index is -0.967. The van der Waals surface area contributed by atoms with Gasteiger partial charge < -0.3 is 15.7 Å². The summed E-state index contributed by atoms with van der Waals surface area (Å²) in [7, 11) is 0. The van der Waals surface area contributed by atoms with Crippen LogP contribution in [-0.2, 0) is 13.0 Å². The number of hydrogen-bond acceptors (Lipinski definition) is 3. The predicted molar refractivity (Wildman–Crippen MR) is 90.8 cm³/mol. The molecule has 1 unspecified atom stereocenters. The van der Waals surface area contributed by atoms with Crippen LogP contribution in [0.3, 0.4) is 0 Å². The molecule has 2 aromatic rings. The van der Waals surface area contributed by atoms with Gasteiger partial charge in [-0.25, -0.2) is 9.59 Å². The van der Waals surface area contributed by atoms with Crippen molar-refractivity contribution in [3.63, 3.8) is 0 Å². The number of carboxylic acid groups (broad SMARTS) is 1. The molecular formula is C18H21N3O3. The van der Waals surface area contributed by atoms with E-state index in [0.29, 0.717) is 6.54 Å². The van der Waals surface area contributed by atoms with Crippen molar-refractivity contribution in [3.8, 4) is 0 Å². The molecule has 1 atom stereocenters. The number of hydrogen-bond donors (Lipinski definition) is 3. The monoisotopic (exact) mass is 327 g/mol. The molecule has 24 heavy (non-hydrogen) atoms. The van der Waals surface area contributed by atoms with Crippen LogP contribution in [0.15, 0.2) is 42.7 Å². The van der Waals surface area contributed by atoms with Crippen LogP contribution in [0, 0.1) is 0 Å². The molecule has 6 heteroatoms. The lowest BCUT2D eigenvalue weighted by Crippen LogP contribution is -2.36. The molecule has 0 fully saturated rings. The Morgan fingerprint density at radius 3 is 2.54 bits per heavy atom. The first-order chi connectivity index (χ1) is 11.5. The predicted octanol–water partition coefficient (Wildman–Crippen LogP) is 2.90. The van der Waals surface area contributed by atoms with Gasteiger partial charge in [0.25, 0.3) is 0 Å². The Morgan fingerprint density at radius 2 is 1.92 bits per heavy atom. The largest absolute Gasteiger partial charge is 0.478 e. The zero-order chi connectivity index (χ0) is 17.5. The maximum atomic E-state index is 12.0. The minimum absolute atomic E-state index is 0.127. The van der Waals surface area contributed by atoms with E-state index in [4.69, 9.17) is 5.11 Å². The molecule has 0 radical (unpaired) electrons. The van der Waals surface area contributed by atoms with Gasteiger partial charge in [0, 0.05) is 18.9 Å². The minimum Gasteiger partial charge on any atom is -0.478 e. The molecule has 3 N–H and O–H groups in total. The van der Waals surface area contributed by atoms with Gasteiger partial charge in [-0.3, -0.25) is 4.98 Å². The first-order valence-electron chi connectivity index (χ1n) is 7.80. The standard InChI is InChI=1S/C18H21N3O3/c1-3-14-11-19-9-8-16(14)12(2)21-18(24)20-10-13-4-6-15(7-5-13)17(22)23/h4-9,11-12H,3,10H2,1-2H3,(H,22,23)(H2,20,21,24). The van der Waals surface area contributed by atoms with Crippen molar-refractivity contribution in [1.82, 2.24) is 15.6 Å². The average Bonchev–Trinajstić information content (AvgIpc) is 2.60. The Labute approximate surface area is 140 Å². The van der Waals surface area contributed by atoms with E-state index in [0.717, 1.165) is 23.1 Å². The highest BCUT2D eigenvalue weighted by atomic mass is 16.4. The van der Waals surface area contributed by atoms with Crippen LogP contribution in [-0.4, -0.2) is 22.1 Å². The number of benzene rings is 1. The van der Waals surface area contributed by atoms with Crippen LogP contribution >= 0.6 is 0 Å². The molecule has 1 aromatic carbocycles. The smallest absolute Gasteiger partial charge is 0.335 e. The highest BCUT2D eigenvalue weighted by Gasteiger charge is 2.12. The van der Waals surface area contributed by atoms with E-state index in [1.54, 1.807) is 18.3 Å². The van der Waals surface area contributed by atoms with Crippen molar-refractivity contribution in [2.75, 3.05) is 0 Å². The van der Waals surface area contributed by atoms with E-state index in [2.05, 4.69) is 15.6 Å². The molecule has 0 aliphatic rings. The molecule has 2 rings (SSSR count). The fraction of sp³-hybridized carbons (Fsp3) is 0.278. The molecule has 0 spiro atoms. The zero-order valence-electron chi connectivity index (χ0n) is 13.7. The summed E-state index contributed by atoms with van der Waals surface area (Å²) >= 11 is 0. The van der Waals surface area contributed by atoms with Crippen molar-refractivity contribution in [3.05, 3.63) is 65.0 Å². The second kappa shape index (κ2) is 8.10. The van der Waals surface area contributed by atoms with E-state index in [-0.39, 0.29) is 17.6 Å². The maximum Gasteiger partial charge on any atom is 0.335 e. The summed E-state index contributed by atoms with van der Waals surface area (Å²) in [5, 5.41) is 14.5. The fourth-order valence-corrected chi connectivity index (χ4v) is 2.43. The second-order valence-corrected chi connectivity index (χ2v) is 5.48. The number of carboxylic acids is 1. The summed E-state index contributed by atoms with van der Waals surface area (Å²) in [6.45, 7) is 4.30. The van der Waals surface area contributed by atoms with E-state index < -0.39 is 5.97 Å². The number of rotatable bonds is 6. The van der Waals surface area contributed by atoms with Gasteiger partial charge in [0.2, 0.25) is 0 Å². The Kier molecular flexibility index (Phi) is 5.89. The van der Waals surface area contributed by atoms with Crippen LogP contribution in [0.1, 0.15) is 46.9 Å². The number of carbonyl (C=O) groups is 2. The highest BCUT2D eigenvalue weighted by Crippen LogP contribution is 2.17. The summed E-state index contributed by atoms with van der Waals surface area (Å²) in [6, 6.07) is 7.92. The Balaban J connectivity index is 1.89. The van der Waals surface area contributed by atoms with Crippen molar-refractivity contribution in [1.29, 1.82) is 0 Å². The lowest BCUT2D eigenvalue weighted by atomic mass is 10.0. The number of pyridine rings is 1. The molecule has 0 saturated carbocycles. The molecule has 0 saturated heterocycles. The van der Waals surface area contributed by atoms with Crippen LogP contribution in [0.5, 0.6) is 0 Å². The molecule has 6 nitrogen and oxygen atoms in total. The molecule has 126 valence electrons. The number of carbonyl (C=O) groups excluding carboxylic acids is 1. The van der Waals surface area contributed by atoms with Crippen LogP contribution in [0.4, 0.5) is 4.79 Å². The highest BCUT2D eigenvalue weighted by molar-refractivity contribution is 5.87. The van der Waals surface area contributed by atoms with Gasteiger partial charge in [-0.1, -0.05) is 19.1 Å². The number of aromatic carboxylic acids is 1. The summed E-state index contributed by atoms with van der Waals surface area (Å²) in [4.78, 5) is 26.9. The van der Waals surface area contributed by atoms with Crippen LogP contribution in [0.2, 0.25) is 0 Å². The fourth-order valence-electron chi connectivity index (χ4n) is 2.43. The third-order valence-corrected chi connectivity index (χ3v) is 3.79. The average molecular weight is 327 g/mol. The van der Waals surface area contributed by atoms with Crippen LogP contribution in [0.25, 0.3) is 0 Å². The first kappa shape index (κ1) is 17.5. The maximum absolute atomic E-state index is 12.0. The van der Waals surface area contributed by atoms with E-state index >= 15 is 0 Å². The summed E-state index contributed by atoms with van der Waals surface area (Å²) in [6.07, 6.45) is 4.39. The Morgan fingerprint density at radius 1 is 1.21 bits per heavy atom. The van der Waals surface area contributed by atoms with Crippen LogP contribution < -0.4 is 10.6 Å². The van der Waals surface area contributed by atoms with Gasteiger partial charge in [-0.15, -0.1) is 0 Å². The zero-order valence-corrected chi connectivity index (χ0v) is 13.7. The molecular weight excluding hydrogens is 306 g/mol. The van der Waals surface area contributed by atoms with Crippen molar-refractivity contribution in [2.45, 2.75) is 32.9 Å². The van der Waals surface area contributed by atoms with Gasteiger partial charge in [0.05, 0.1) is 11.6 Å². The Hall–Kier alpha value is -2.89. The Bertz CT molecular complexity index is 714. The number of aryl methyl sites for hydroxylation is 1. The van der Waals surface area contributed by atoms with Crippen molar-refractivity contribution < 1.29 is 14.7 Å². The van der Waals surface area contributed by atoms with E-state index in [1.807, 2.05) is 26.1 Å². The molecule has 0 aliphatic heterocycles. The molecule has 1 heterocycles. The topological polar surface area (TPSA) is 91.3 Å². The van der Waals surface area contributed by atoms with Crippen molar-refractivity contribution in [2.24, 2.45) is 0 Å². The molecule has 0 aliphatic carbocycles. The quantitative estimate of drug-likeness (QED) is 0.761. The van der Waals surface area contributed by atoms with Gasteiger partial charge in [-0.05, 0) is 48.2 Å². The van der Waals surface area contributed by atoms with Gasteiger partial charge >= 0.3 is 12.0 Å². The van der Waals surface area contributed by atoms with Gasteiger partial charge in [0.15, 0.2) is 0 Å². The molecule has 0 bridgehead atoms. The van der Waals surface area contributed by atoms with Crippen molar-refractivity contribution >= 4 is 12.0 Å². The lowest BCUT2D eigenvalue weighted by Gasteiger charge is -2.17. The normalized spacial score (nSPS) is 11.6. The number of nitrogens with one attached hydrogen (secondary N) is 2. The lowest BCUT2D eigenvalue weighted by molar-refractivity contribution is 0.0697.